The Morgan fingerprint density at radius 3 is 2.44 bits per heavy atom. The zero-order valence-electron chi connectivity index (χ0n) is 38.4. The molecule has 3 aliphatic carbocycles. The second-order valence-corrected chi connectivity index (χ2v) is 22.1. The predicted octanol–water partition coefficient (Wildman–Crippen LogP) is 7.19. The highest BCUT2D eigenvalue weighted by atomic mass is 35.5. The van der Waals surface area contributed by atoms with Gasteiger partial charge in [-0.15, -0.1) is 0 Å². The fourth-order valence-electron chi connectivity index (χ4n) is 12.9. The summed E-state index contributed by atoms with van der Waals surface area (Å²) >= 11 is 6.42. The van der Waals surface area contributed by atoms with E-state index in [0.29, 0.717) is 69.2 Å². The number of nitrogens with zero attached hydrogens (tertiary/aromatic N) is 3. The summed E-state index contributed by atoms with van der Waals surface area (Å²) in [5.74, 6) is -2.79. The summed E-state index contributed by atoms with van der Waals surface area (Å²) in [4.78, 5) is 74.5. The number of hydrogen-bond donors (Lipinski definition) is 5. The number of anilines is 2. The van der Waals surface area contributed by atoms with Gasteiger partial charge >= 0.3 is 6.18 Å². The van der Waals surface area contributed by atoms with Crippen LogP contribution in [0.5, 0.6) is 0 Å². The van der Waals surface area contributed by atoms with Gasteiger partial charge in [-0.1, -0.05) is 44.5 Å². The number of halogens is 5. The SMILES string of the molecule is CC(C)(C)C[C@@H]1N[C@@H](C(=O)NC23CCC(C(=O)N4CCC[C@@H](Nc5ccc6c(c5)CN(C5CCC(=O)NC5=O)C6=O)C4)(CC2)CC3)[C@H](c2cccc(Cl)c2F)[C@]12CNc1cc(C(F)(F)F)ncc12. The highest BCUT2D eigenvalue weighted by molar-refractivity contribution is 6.30. The van der Waals surface area contributed by atoms with E-state index < -0.39 is 64.0 Å². The van der Waals surface area contributed by atoms with Gasteiger partial charge in [-0.05, 0) is 111 Å². The molecular formula is C50H57ClF4N8O5. The smallest absolute Gasteiger partial charge is 0.384 e. The number of fused-ring (bicyclic) bond motifs is 6. The summed E-state index contributed by atoms with van der Waals surface area (Å²) in [5.41, 5.74) is -0.501. The minimum absolute atomic E-state index is 0.0258. The van der Waals surface area contributed by atoms with Crippen molar-refractivity contribution in [3.8, 4) is 0 Å². The normalized spacial score (nSPS) is 31.1. The Kier molecular flexibility index (Phi) is 11.4. The first kappa shape index (κ1) is 46.4. The number of amides is 5. The van der Waals surface area contributed by atoms with Crippen LogP contribution in [0.1, 0.15) is 130 Å². The second kappa shape index (κ2) is 16.7. The number of imide groups is 1. The van der Waals surface area contributed by atoms with Gasteiger partial charge in [-0.2, -0.15) is 13.2 Å². The van der Waals surface area contributed by atoms with Crippen LogP contribution in [0.3, 0.4) is 0 Å². The maximum absolute atomic E-state index is 16.4. The molecule has 5 amide bonds. The standard InChI is InChI=1S/C50H57ClF4N8O5/c1-46(2,3)22-37-49(26-57-34-21-36(50(53,54)55)56-23-32(34)49)39(31-7-4-8-33(51)40(31)52)41(59-37)43(66)61-48-16-13-47(14-17-48,15-18-48)45(68)62-19-5-6-29(25-62)58-28-9-10-30-27(20-28)24-63(44(30)67)35-11-12-38(64)60-42(35)65/h4,7-10,20-21,23,29,35,37,39,41,57-59H,5-6,11-19,22,24-26H2,1-3H3,(H,61,66)(H,60,64,65)/t29-,35?,37+,39+,41-,47?,48?,49+/m1/s1. The summed E-state index contributed by atoms with van der Waals surface area (Å²) in [5, 5.41) is 16.1. The molecule has 2 aromatic carbocycles. The average Bonchev–Trinajstić information content (AvgIpc) is 3.94. The van der Waals surface area contributed by atoms with Gasteiger partial charge in [0.2, 0.25) is 23.6 Å². The molecule has 8 aliphatic rings. The number of likely N-dealkylation sites (tertiary alicyclic amines) is 1. The lowest BCUT2D eigenvalue weighted by Gasteiger charge is -2.54. The van der Waals surface area contributed by atoms with Gasteiger partial charge in [0.05, 0.1) is 11.1 Å². The third-order valence-electron chi connectivity index (χ3n) is 16.3. The predicted molar refractivity (Wildman–Crippen MR) is 245 cm³/mol. The number of rotatable bonds is 8. The number of aromatic nitrogens is 1. The molecule has 3 saturated carbocycles. The third-order valence-corrected chi connectivity index (χ3v) is 16.6. The van der Waals surface area contributed by atoms with Crippen LogP contribution < -0.4 is 26.6 Å². The Balaban J connectivity index is 0.835. The minimum Gasteiger partial charge on any atom is -0.384 e. The summed E-state index contributed by atoms with van der Waals surface area (Å²) in [7, 11) is 0. The Morgan fingerprint density at radius 1 is 0.985 bits per heavy atom. The quantitative estimate of drug-likeness (QED) is 0.116. The maximum atomic E-state index is 16.4. The largest absolute Gasteiger partial charge is 0.433 e. The molecule has 0 radical (unpaired) electrons. The Hall–Kier alpha value is -5.29. The van der Waals surface area contributed by atoms with Gasteiger partial charge in [-0.3, -0.25) is 34.3 Å². The molecule has 2 bridgehead atoms. The fraction of sp³-hybridized carbons (Fsp3) is 0.560. The van der Waals surface area contributed by atoms with Crippen LogP contribution in [-0.4, -0.2) is 93.7 Å². The van der Waals surface area contributed by atoms with Crippen LogP contribution in [0.4, 0.5) is 28.9 Å². The molecule has 5 aliphatic heterocycles. The maximum Gasteiger partial charge on any atom is 0.433 e. The molecule has 13 nitrogen and oxygen atoms in total. The first-order chi connectivity index (χ1) is 32.2. The van der Waals surface area contributed by atoms with E-state index in [2.05, 4.69) is 52.3 Å². The number of nitrogens with one attached hydrogen (secondary N) is 5. The number of benzene rings is 2. The zero-order chi connectivity index (χ0) is 48.1. The summed E-state index contributed by atoms with van der Waals surface area (Å²) in [6.45, 7) is 7.71. The molecule has 5 N–H and O–H groups in total. The molecule has 3 aromatic rings. The Bertz CT molecular complexity index is 2580. The lowest BCUT2D eigenvalue weighted by Crippen LogP contribution is -2.63. The van der Waals surface area contributed by atoms with Crippen molar-refractivity contribution in [2.24, 2.45) is 10.8 Å². The topological polar surface area (TPSA) is 165 Å². The van der Waals surface area contributed by atoms with E-state index in [1.807, 2.05) is 17.0 Å². The fourth-order valence-corrected chi connectivity index (χ4v) is 13.1. The number of piperidine rings is 2. The van der Waals surface area contributed by atoms with Crippen molar-refractivity contribution in [1.29, 1.82) is 0 Å². The van der Waals surface area contributed by atoms with Crippen molar-refractivity contribution in [2.75, 3.05) is 30.3 Å². The molecule has 6 fully saturated rings. The number of alkyl halides is 3. The van der Waals surface area contributed by atoms with Crippen molar-refractivity contribution in [2.45, 2.75) is 145 Å². The summed E-state index contributed by atoms with van der Waals surface area (Å²) in [6.07, 6.45) is 2.72. The number of carbonyl (C=O) groups excluding carboxylic acids is 5. The van der Waals surface area contributed by atoms with Gasteiger partial charge < -0.3 is 31.1 Å². The van der Waals surface area contributed by atoms with Gasteiger partial charge in [0.1, 0.15) is 17.6 Å². The van der Waals surface area contributed by atoms with E-state index in [-0.39, 0.29) is 77.3 Å². The van der Waals surface area contributed by atoms with Gasteiger partial charge in [-0.25, -0.2) is 4.39 Å². The first-order valence-electron chi connectivity index (χ1n) is 23.9. The third kappa shape index (κ3) is 7.98. The molecule has 18 heteroatoms. The van der Waals surface area contributed by atoms with Crippen molar-refractivity contribution in [1.82, 2.24) is 30.7 Å². The number of pyridine rings is 1. The lowest BCUT2D eigenvalue weighted by atomic mass is 9.56. The van der Waals surface area contributed by atoms with E-state index in [1.165, 1.54) is 17.2 Å². The van der Waals surface area contributed by atoms with Crippen molar-refractivity contribution in [3.63, 3.8) is 0 Å². The van der Waals surface area contributed by atoms with E-state index >= 15 is 9.18 Å². The molecule has 1 spiro atoms. The van der Waals surface area contributed by atoms with Gasteiger partial charge in [0.15, 0.2) is 0 Å². The first-order valence-corrected chi connectivity index (χ1v) is 24.2. The molecule has 362 valence electrons. The minimum atomic E-state index is -4.68. The number of hydrogen-bond acceptors (Lipinski definition) is 9. The van der Waals surface area contributed by atoms with Gasteiger partial charge in [0.25, 0.3) is 5.91 Å². The van der Waals surface area contributed by atoms with Crippen LogP contribution in [0.15, 0.2) is 48.7 Å². The van der Waals surface area contributed by atoms with E-state index in [4.69, 9.17) is 11.6 Å². The highest BCUT2D eigenvalue weighted by Gasteiger charge is 2.63. The van der Waals surface area contributed by atoms with E-state index in [1.54, 1.807) is 18.2 Å². The van der Waals surface area contributed by atoms with Crippen LogP contribution in [0, 0.1) is 16.6 Å². The van der Waals surface area contributed by atoms with E-state index in [9.17, 15) is 32.3 Å². The van der Waals surface area contributed by atoms with Crippen molar-refractivity contribution in [3.05, 3.63) is 87.4 Å². The molecule has 11 rings (SSSR count). The summed E-state index contributed by atoms with van der Waals surface area (Å²) < 4.78 is 58.2. The Labute approximate surface area is 397 Å². The van der Waals surface area contributed by atoms with Crippen LogP contribution in [-0.2, 0) is 37.3 Å². The van der Waals surface area contributed by atoms with Crippen molar-refractivity contribution < 1.29 is 41.5 Å². The van der Waals surface area contributed by atoms with E-state index in [0.717, 1.165) is 30.2 Å². The van der Waals surface area contributed by atoms with Crippen LogP contribution in [0.25, 0.3) is 0 Å². The molecular weight excluding hydrogens is 904 g/mol. The van der Waals surface area contributed by atoms with Crippen LogP contribution >= 0.6 is 11.6 Å². The zero-order valence-corrected chi connectivity index (χ0v) is 39.1. The molecule has 68 heavy (non-hydrogen) atoms. The molecule has 6 atom stereocenters. The molecule has 6 heterocycles. The molecule has 3 saturated heterocycles. The molecule has 1 unspecified atom stereocenters. The van der Waals surface area contributed by atoms with Crippen LogP contribution in [0.2, 0.25) is 5.02 Å². The van der Waals surface area contributed by atoms with Crippen molar-refractivity contribution >= 4 is 52.5 Å². The highest BCUT2D eigenvalue weighted by Crippen LogP contribution is 2.58. The lowest BCUT2D eigenvalue weighted by molar-refractivity contribution is -0.151. The number of carbonyl (C=O) groups is 5. The molecule has 1 aromatic heterocycles. The Morgan fingerprint density at radius 2 is 1.74 bits per heavy atom. The monoisotopic (exact) mass is 960 g/mol. The average molecular weight is 962 g/mol. The van der Waals surface area contributed by atoms with Gasteiger partial charge in [0, 0.05) is 95.7 Å². The summed E-state index contributed by atoms with van der Waals surface area (Å²) in [6, 6.07) is 9.04. The second-order valence-electron chi connectivity index (χ2n) is 21.6.